The molecule has 0 saturated carbocycles. The Hall–Kier alpha value is -2.94. The summed E-state index contributed by atoms with van der Waals surface area (Å²) in [4.78, 5) is 0. The van der Waals surface area contributed by atoms with Crippen LogP contribution in [-0.4, -0.2) is 10.2 Å². The van der Waals surface area contributed by atoms with Crippen molar-refractivity contribution in [3.05, 3.63) is 130 Å². The molecule has 0 aliphatic heterocycles. The lowest BCUT2D eigenvalue weighted by Crippen LogP contribution is -2.44. The minimum absolute atomic E-state index is 0.724. The lowest BCUT2D eigenvalue weighted by atomic mass is 9.63. The van der Waals surface area contributed by atoms with Crippen LogP contribution in [-0.2, 0) is 11.2 Å². The summed E-state index contributed by atoms with van der Waals surface area (Å²) in [7, 11) is 0. The van der Waals surface area contributed by atoms with Crippen LogP contribution in [0.25, 0.3) is 0 Å². The molecule has 3 aromatic carbocycles. The Morgan fingerprint density at radius 3 is 1.57 bits per heavy atom. The van der Waals surface area contributed by atoms with E-state index in [0.717, 1.165) is 46.2 Å². The first-order chi connectivity index (χ1) is 13.7. The van der Waals surface area contributed by atoms with Crippen LogP contribution in [0.3, 0.4) is 0 Å². The molecular formula is C26H22O2. The molecule has 3 aromatic rings. The largest absolute Gasteiger partial charge is 0.376 e. The van der Waals surface area contributed by atoms with Gasteiger partial charge in [-0.1, -0.05) is 97.1 Å². The topological polar surface area (TPSA) is 40.5 Å². The molecule has 0 heterocycles. The van der Waals surface area contributed by atoms with Gasteiger partial charge in [-0.3, -0.25) is 0 Å². The summed E-state index contributed by atoms with van der Waals surface area (Å²) in [6.07, 6.45) is 8.12. The number of hydrogen-bond acceptors (Lipinski definition) is 2. The van der Waals surface area contributed by atoms with Crippen molar-refractivity contribution in [2.75, 3.05) is 0 Å². The van der Waals surface area contributed by atoms with E-state index in [-0.39, 0.29) is 0 Å². The van der Waals surface area contributed by atoms with Crippen molar-refractivity contribution in [3.63, 3.8) is 0 Å². The highest BCUT2D eigenvalue weighted by molar-refractivity contribution is 5.65. The molecule has 0 unspecified atom stereocenters. The zero-order chi connectivity index (χ0) is 19.2. The number of allylic oxidation sites excluding steroid dienone is 2. The molecule has 2 aliphatic rings. The second kappa shape index (κ2) is 6.30. The Balaban J connectivity index is 1.88. The van der Waals surface area contributed by atoms with E-state index in [0.29, 0.717) is 0 Å². The summed E-state index contributed by atoms with van der Waals surface area (Å²) in [5.74, 6) is 0. The van der Waals surface area contributed by atoms with E-state index in [1.54, 1.807) is 0 Å². The maximum atomic E-state index is 12.1. The fourth-order valence-corrected chi connectivity index (χ4v) is 4.70. The molecule has 2 aliphatic carbocycles. The standard InChI is InChI=1S/C26H22O2/c27-25(19-11-3-1-4-12-19)21-15-7-9-17-23(21)26(28,20-13-5-2-6-14-20)24-18-10-8-16-22(24)25/h1,3-5,7-18,27-28H,2,6H2. The molecule has 0 atom stereocenters. The van der Waals surface area contributed by atoms with Crippen molar-refractivity contribution in [1.29, 1.82) is 0 Å². The maximum absolute atomic E-state index is 12.1. The first-order valence-corrected chi connectivity index (χ1v) is 9.74. The van der Waals surface area contributed by atoms with Crippen molar-refractivity contribution >= 4 is 0 Å². The minimum atomic E-state index is -1.32. The van der Waals surface area contributed by atoms with Crippen LogP contribution >= 0.6 is 0 Å². The van der Waals surface area contributed by atoms with Gasteiger partial charge in [-0.25, -0.2) is 0 Å². The summed E-state index contributed by atoms with van der Waals surface area (Å²) < 4.78 is 0. The van der Waals surface area contributed by atoms with Crippen LogP contribution in [0.15, 0.2) is 103 Å². The third kappa shape index (κ3) is 2.22. The van der Waals surface area contributed by atoms with Gasteiger partial charge in [0.2, 0.25) is 0 Å². The van der Waals surface area contributed by atoms with Gasteiger partial charge in [0.1, 0.15) is 11.2 Å². The van der Waals surface area contributed by atoms with Crippen LogP contribution in [0.4, 0.5) is 0 Å². The number of hydrogen-bond donors (Lipinski definition) is 2. The summed E-state index contributed by atoms with van der Waals surface area (Å²) in [6, 6.07) is 25.1. The Bertz CT molecular complexity index is 1040. The van der Waals surface area contributed by atoms with Gasteiger partial charge in [-0.15, -0.1) is 0 Å². The molecule has 0 amide bonds. The molecule has 5 rings (SSSR count). The zero-order valence-corrected chi connectivity index (χ0v) is 15.5. The summed E-state index contributed by atoms with van der Waals surface area (Å²) >= 11 is 0. The molecule has 0 spiro atoms. The number of fused-ring (bicyclic) bond motifs is 2. The fourth-order valence-electron chi connectivity index (χ4n) is 4.70. The summed E-state index contributed by atoms with van der Waals surface area (Å²) in [5.41, 5.74) is 1.98. The van der Waals surface area contributed by atoms with Gasteiger partial charge in [0, 0.05) is 0 Å². The van der Waals surface area contributed by atoms with Crippen molar-refractivity contribution in [1.82, 2.24) is 0 Å². The first-order valence-electron chi connectivity index (χ1n) is 9.74. The fraction of sp³-hybridized carbons (Fsp3) is 0.154. The molecule has 2 N–H and O–H groups in total. The third-order valence-electron chi connectivity index (χ3n) is 6.02. The van der Waals surface area contributed by atoms with Crippen molar-refractivity contribution in [2.45, 2.75) is 24.0 Å². The number of aliphatic hydroxyl groups is 2. The van der Waals surface area contributed by atoms with Gasteiger partial charge in [-0.05, 0) is 46.2 Å². The predicted octanol–water partition coefficient (Wildman–Crippen LogP) is 4.80. The lowest BCUT2D eigenvalue weighted by Gasteiger charge is -2.45. The van der Waals surface area contributed by atoms with Gasteiger partial charge in [0.05, 0.1) is 0 Å². The van der Waals surface area contributed by atoms with Gasteiger partial charge < -0.3 is 10.2 Å². The highest BCUT2D eigenvalue weighted by atomic mass is 16.3. The van der Waals surface area contributed by atoms with E-state index in [1.807, 2.05) is 84.9 Å². The Morgan fingerprint density at radius 1 is 0.571 bits per heavy atom. The molecule has 28 heavy (non-hydrogen) atoms. The third-order valence-corrected chi connectivity index (χ3v) is 6.02. The molecule has 2 heteroatoms. The molecule has 138 valence electrons. The SMILES string of the molecule is OC1(C2=CCCC=C2)c2ccccc2C(O)(c2ccccc2)c2ccccc21. The van der Waals surface area contributed by atoms with E-state index >= 15 is 0 Å². The van der Waals surface area contributed by atoms with Gasteiger partial charge in [-0.2, -0.15) is 0 Å². The van der Waals surface area contributed by atoms with Crippen LogP contribution in [0.1, 0.15) is 40.7 Å². The summed E-state index contributed by atoms with van der Waals surface area (Å²) in [5, 5.41) is 24.3. The highest BCUT2D eigenvalue weighted by Crippen LogP contribution is 2.53. The zero-order valence-electron chi connectivity index (χ0n) is 15.5. The van der Waals surface area contributed by atoms with Gasteiger partial charge >= 0.3 is 0 Å². The van der Waals surface area contributed by atoms with Crippen LogP contribution < -0.4 is 0 Å². The second-order valence-corrected chi connectivity index (χ2v) is 7.52. The molecule has 0 radical (unpaired) electrons. The maximum Gasteiger partial charge on any atom is 0.141 e. The average Bonchev–Trinajstić information content (AvgIpc) is 2.79. The van der Waals surface area contributed by atoms with E-state index in [4.69, 9.17) is 0 Å². The van der Waals surface area contributed by atoms with Crippen molar-refractivity contribution < 1.29 is 10.2 Å². The predicted molar refractivity (Wildman–Crippen MR) is 111 cm³/mol. The van der Waals surface area contributed by atoms with E-state index < -0.39 is 11.2 Å². The minimum Gasteiger partial charge on any atom is -0.376 e. The molecule has 0 bridgehead atoms. The molecular weight excluding hydrogens is 344 g/mol. The lowest BCUT2D eigenvalue weighted by molar-refractivity contribution is 0.0741. The Labute approximate surface area is 165 Å². The van der Waals surface area contributed by atoms with Gasteiger partial charge in [0.15, 0.2) is 0 Å². The van der Waals surface area contributed by atoms with Crippen molar-refractivity contribution in [2.24, 2.45) is 0 Å². The van der Waals surface area contributed by atoms with Crippen molar-refractivity contribution in [3.8, 4) is 0 Å². The van der Waals surface area contributed by atoms with Crippen LogP contribution in [0.5, 0.6) is 0 Å². The Morgan fingerprint density at radius 2 is 1.07 bits per heavy atom. The van der Waals surface area contributed by atoms with Gasteiger partial charge in [0.25, 0.3) is 0 Å². The first kappa shape index (κ1) is 17.2. The Kier molecular flexibility index (Phi) is 3.87. The smallest absolute Gasteiger partial charge is 0.141 e. The monoisotopic (exact) mass is 366 g/mol. The molecule has 0 fully saturated rings. The normalized spacial score (nSPS) is 25.6. The molecule has 0 aromatic heterocycles. The van der Waals surface area contributed by atoms with Crippen LogP contribution in [0, 0.1) is 0 Å². The number of benzene rings is 3. The van der Waals surface area contributed by atoms with E-state index in [9.17, 15) is 10.2 Å². The van der Waals surface area contributed by atoms with E-state index in [1.165, 1.54) is 0 Å². The molecule has 0 saturated heterocycles. The average molecular weight is 366 g/mol. The van der Waals surface area contributed by atoms with Crippen LogP contribution in [0.2, 0.25) is 0 Å². The quantitative estimate of drug-likeness (QED) is 0.684. The van der Waals surface area contributed by atoms with E-state index in [2.05, 4.69) is 12.2 Å². The number of rotatable bonds is 2. The second-order valence-electron chi connectivity index (χ2n) is 7.52. The summed E-state index contributed by atoms with van der Waals surface area (Å²) in [6.45, 7) is 0. The molecule has 2 nitrogen and oxygen atoms in total. The highest BCUT2D eigenvalue weighted by Gasteiger charge is 2.50.